The molecule has 2 amide bonds. The number of halogens is 3. The third-order valence-corrected chi connectivity index (χ3v) is 3.86. The third kappa shape index (κ3) is 4.93. The quantitative estimate of drug-likeness (QED) is 0.859. The van der Waals surface area contributed by atoms with Crippen LogP contribution in [0.4, 0.5) is 23.8 Å². The van der Waals surface area contributed by atoms with Gasteiger partial charge in [0, 0.05) is 25.2 Å². The van der Waals surface area contributed by atoms with Gasteiger partial charge in [0.2, 0.25) is 5.91 Å². The van der Waals surface area contributed by atoms with Crippen LogP contribution in [0.3, 0.4) is 0 Å². The summed E-state index contributed by atoms with van der Waals surface area (Å²) in [5.41, 5.74) is -0.0201. The predicted molar refractivity (Wildman–Crippen MR) is 91.2 cm³/mol. The number of carbonyl (C=O) groups excluding carboxylic acids is 1. The molecule has 1 N–H and O–H groups in total. The highest BCUT2D eigenvalue weighted by molar-refractivity contribution is 5.95. The summed E-state index contributed by atoms with van der Waals surface area (Å²) in [6.45, 7) is 1.41. The van der Waals surface area contributed by atoms with Crippen LogP contribution in [0.1, 0.15) is 12.5 Å². The topological polar surface area (TPSA) is 86.6 Å². The summed E-state index contributed by atoms with van der Waals surface area (Å²) in [6, 6.07) is 5.88. The van der Waals surface area contributed by atoms with Crippen LogP contribution in [-0.4, -0.2) is 52.1 Å². The number of anilines is 1. The van der Waals surface area contributed by atoms with Crippen LogP contribution < -0.4 is 4.90 Å². The molecule has 0 radical (unpaired) electrons. The Morgan fingerprint density at radius 2 is 1.78 bits per heavy atom. The fraction of sp³-hybridized carbons (Fsp3) is 0.294. The molecule has 0 saturated carbocycles. The van der Waals surface area contributed by atoms with Gasteiger partial charge in [-0.1, -0.05) is 12.1 Å². The minimum absolute atomic E-state index is 0.148. The van der Waals surface area contributed by atoms with Gasteiger partial charge in [-0.15, -0.1) is 0 Å². The molecule has 10 heteroatoms. The summed E-state index contributed by atoms with van der Waals surface area (Å²) < 4.78 is 38.0. The first-order valence-electron chi connectivity index (χ1n) is 7.87. The molecule has 0 bridgehead atoms. The molecule has 0 aliphatic heterocycles. The normalized spacial score (nSPS) is 11.1. The molecule has 0 fully saturated rings. The van der Waals surface area contributed by atoms with Crippen molar-refractivity contribution in [2.45, 2.75) is 13.1 Å². The molecule has 0 atom stereocenters. The molecule has 0 aliphatic carbocycles. The van der Waals surface area contributed by atoms with Crippen LogP contribution in [-0.2, 0) is 11.0 Å². The average Bonchev–Trinajstić information content (AvgIpc) is 2.64. The third-order valence-electron chi connectivity index (χ3n) is 3.86. The Morgan fingerprint density at radius 1 is 1.15 bits per heavy atom. The van der Waals surface area contributed by atoms with Crippen LogP contribution in [0.5, 0.6) is 0 Å². The van der Waals surface area contributed by atoms with E-state index in [1.807, 2.05) is 0 Å². The first-order chi connectivity index (χ1) is 12.6. The lowest BCUT2D eigenvalue weighted by atomic mass is 10.1. The van der Waals surface area contributed by atoms with Crippen molar-refractivity contribution in [1.29, 1.82) is 0 Å². The standard InChI is InChI=1S/C17H17F3N4O3/c1-3-24(16(26)27)9-15(25)23(2)14-8-13(21-10-22-14)11-4-6-12(7-5-11)17(18,19)20/h4-8,10H,3,9H2,1-2H3,(H,26,27). The van der Waals surface area contributed by atoms with E-state index >= 15 is 0 Å². The Labute approximate surface area is 153 Å². The van der Waals surface area contributed by atoms with Gasteiger partial charge in [0.1, 0.15) is 18.7 Å². The Bertz CT molecular complexity index is 825. The number of likely N-dealkylation sites (N-methyl/N-ethyl adjacent to an activating group) is 2. The van der Waals surface area contributed by atoms with E-state index in [9.17, 15) is 22.8 Å². The van der Waals surface area contributed by atoms with Gasteiger partial charge in [-0.3, -0.25) is 14.6 Å². The van der Waals surface area contributed by atoms with E-state index in [0.29, 0.717) is 11.3 Å². The van der Waals surface area contributed by atoms with Gasteiger partial charge in [-0.25, -0.2) is 14.8 Å². The van der Waals surface area contributed by atoms with Gasteiger partial charge in [0.05, 0.1) is 11.3 Å². The minimum atomic E-state index is -4.43. The monoisotopic (exact) mass is 382 g/mol. The van der Waals surface area contributed by atoms with Crippen molar-refractivity contribution in [2.24, 2.45) is 0 Å². The van der Waals surface area contributed by atoms with E-state index in [0.717, 1.165) is 17.0 Å². The zero-order valence-electron chi connectivity index (χ0n) is 14.6. The van der Waals surface area contributed by atoms with Crippen LogP contribution in [0.2, 0.25) is 0 Å². The van der Waals surface area contributed by atoms with Crippen molar-refractivity contribution in [3.8, 4) is 11.3 Å². The van der Waals surface area contributed by atoms with E-state index < -0.39 is 23.7 Å². The molecule has 0 aliphatic rings. The summed E-state index contributed by atoms with van der Waals surface area (Å²) in [4.78, 5) is 33.4. The molecular weight excluding hydrogens is 365 g/mol. The van der Waals surface area contributed by atoms with Gasteiger partial charge in [-0.2, -0.15) is 13.2 Å². The zero-order chi connectivity index (χ0) is 20.2. The van der Waals surface area contributed by atoms with Crippen molar-refractivity contribution in [3.63, 3.8) is 0 Å². The van der Waals surface area contributed by atoms with Gasteiger partial charge < -0.3 is 5.11 Å². The number of alkyl halides is 3. The highest BCUT2D eigenvalue weighted by Gasteiger charge is 2.30. The highest BCUT2D eigenvalue weighted by atomic mass is 19.4. The Hall–Kier alpha value is -3.17. The smallest absolute Gasteiger partial charge is 0.416 e. The first kappa shape index (κ1) is 20.1. The number of rotatable bonds is 5. The lowest BCUT2D eigenvalue weighted by Gasteiger charge is -2.21. The molecule has 0 spiro atoms. The molecular formula is C17H17F3N4O3. The number of hydrogen-bond acceptors (Lipinski definition) is 4. The second-order valence-corrected chi connectivity index (χ2v) is 5.59. The van der Waals surface area contributed by atoms with Crippen LogP contribution in [0.15, 0.2) is 36.7 Å². The molecule has 7 nitrogen and oxygen atoms in total. The number of carboxylic acid groups (broad SMARTS) is 1. The minimum Gasteiger partial charge on any atom is -0.465 e. The Balaban J connectivity index is 2.21. The van der Waals surface area contributed by atoms with Crippen LogP contribution in [0, 0.1) is 0 Å². The van der Waals surface area contributed by atoms with E-state index in [-0.39, 0.29) is 18.9 Å². The molecule has 1 heterocycles. The first-order valence-corrected chi connectivity index (χ1v) is 7.87. The lowest BCUT2D eigenvalue weighted by molar-refractivity contribution is -0.137. The van der Waals surface area contributed by atoms with Crippen molar-refractivity contribution in [1.82, 2.24) is 14.9 Å². The SMILES string of the molecule is CCN(CC(=O)N(C)c1cc(-c2ccc(C(F)(F)F)cc2)ncn1)C(=O)O. The maximum atomic E-state index is 12.7. The second kappa shape index (κ2) is 8.02. The molecule has 144 valence electrons. The number of nitrogens with zero attached hydrogens (tertiary/aromatic N) is 4. The highest BCUT2D eigenvalue weighted by Crippen LogP contribution is 2.30. The fourth-order valence-electron chi connectivity index (χ4n) is 2.23. The number of carbonyl (C=O) groups is 2. The molecule has 0 saturated heterocycles. The van der Waals surface area contributed by atoms with Crippen molar-refractivity contribution >= 4 is 17.8 Å². The summed E-state index contributed by atoms with van der Waals surface area (Å²) in [6.07, 6.45) is -4.47. The number of aromatic nitrogens is 2. The maximum Gasteiger partial charge on any atom is 0.416 e. The maximum absolute atomic E-state index is 12.7. The molecule has 0 unspecified atom stereocenters. The molecule has 1 aromatic carbocycles. The molecule has 2 rings (SSSR count). The van der Waals surface area contributed by atoms with E-state index in [4.69, 9.17) is 5.11 Å². The Kier molecular flexibility index (Phi) is 5.98. The number of amides is 2. The van der Waals surface area contributed by atoms with Crippen LogP contribution >= 0.6 is 0 Å². The molecule has 27 heavy (non-hydrogen) atoms. The molecule has 1 aromatic heterocycles. The van der Waals surface area contributed by atoms with Gasteiger partial charge in [-0.05, 0) is 19.1 Å². The van der Waals surface area contributed by atoms with Gasteiger partial charge >= 0.3 is 12.3 Å². The van der Waals surface area contributed by atoms with Gasteiger partial charge in [0.25, 0.3) is 0 Å². The lowest BCUT2D eigenvalue weighted by Crippen LogP contribution is -2.41. The summed E-state index contributed by atoms with van der Waals surface area (Å²) in [5, 5.41) is 9.00. The summed E-state index contributed by atoms with van der Waals surface area (Å²) >= 11 is 0. The van der Waals surface area contributed by atoms with Crippen molar-refractivity contribution in [3.05, 3.63) is 42.2 Å². The number of benzene rings is 1. The van der Waals surface area contributed by atoms with Crippen molar-refractivity contribution in [2.75, 3.05) is 25.0 Å². The number of hydrogen-bond donors (Lipinski definition) is 1. The predicted octanol–water partition coefficient (Wildman–Crippen LogP) is 3.13. The summed E-state index contributed by atoms with van der Waals surface area (Å²) in [7, 11) is 1.43. The van der Waals surface area contributed by atoms with E-state index in [1.165, 1.54) is 36.5 Å². The van der Waals surface area contributed by atoms with Crippen LogP contribution in [0.25, 0.3) is 11.3 Å². The fourth-order valence-corrected chi connectivity index (χ4v) is 2.23. The van der Waals surface area contributed by atoms with E-state index in [2.05, 4.69) is 9.97 Å². The van der Waals surface area contributed by atoms with Crippen molar-refractivity contribution < 1.29 is 27.9 Å². The largest absolute Gasteiger partial charge is 0.465 e. The molecule has 2 aromatic rings. The van der Waals surface area contributed by atoms with E-state index in [1.54, 1.807) is 6.92 Å². The van der Waals surface area contributed by atoms with Gasteiger partial charge in [0.15, 0.2) is 0 Å². The summed E-state index contributed by atoms with van der Waals surface area (Å²) in [5.74, 6) is -0.303. The second-order valence-electron chi connectivity index (χ2n) is 5.59. The average molecular weight is 382 g/mol. The zero-order valence-corrected chi connectivity index (χ0v) is 14.6. The Morgan fingerprint density at radius 3 is 2.30 bits per heavy atom.